The van der Waals surface area contributed by atoms with Crippen molar-refractivity contribution >= 4 is 0 Å². The van der Waals surface area contributed by atoms with Crippen molar-refractivity contribution in [3.8, 4) is 0 Å². The molecule has 0 fully saturated rings. The summed E-state index contributed by atoms with van der Waals surface area (Å²) in [6, 6.07) is 0. The number of hydrogen-bond donors (Lipinski definition) is 0. The van der Waals surface area contributed by atoms with Crippen LogP contribution in [0.4, 0.5) is 0 Å². The third kappa shape index (κ3) is 69.9. The lowest BCUT2D eigenvalue weighted by Crippen LogP contribution is -1.94. The fourth-order valence-corrected chi connectivity index (χ4v) is 7.15. The maximum absolute atomic E-state index is 4.15. The molecule has 0 saturated carbocycles. The van der Waals surface area contributed by atoms with Gasteiger partial charge in [0.05, 0.1) is 0 Å². The van der Waals surface area contributed by atoms with Gasteiger partial charge in [0, 0.05) is 0 Å². The van der Waals surface area contributed by atoms with E-state index in [0.717, 1.165) is 5.92 Å². The lowest BCUT2D eigenvalue weighted by atomic mass is 9.97. The number of hydrogen-bond acceptors (Lipinski definition) is 0. The minimum atomic E-state index is 0.953. The Labute approximate surface area is 365 Å². The summed E-state index contributed by atoms with van der Waals surface area (Å²) in [5.74, 6) is 0.953. The van der Waals surface area contributed by atoms with Crippen LogP contribution < -0.4 is 0 Å². The first-order valence-corrected chi connectivity index (χ1v) is 26.3. The smallest absolute Gasteiger partial charge is 0.0323 e. The summed E-state index contributed by atoms with van der Waals surface area (Å²) in [5, 5.41) is 0. The monoisotopic (exact) mass is 799 g/mol. The topological polar surface area (TPSA) is 0 Å². The molecule has 0 aliphatic carbocycles. The van der Waals surface area contributed by atoms with Crippen LogP contribution in [0.3, 0.4) is 0 Å². The molecule has 0 aromatic rings. The third-order valence-corrected chi connectivity index (χ3v) is 11.4. The number of rotatable bonds is 40. The van der Waals surface area contributed by atoms with Gasteiger partial charge in [0.1, 0.15) is 0 Å². The second-order valence-electron chi connectivity index (χ2n) is 18.1. The van der Waals surface area contributed by atoms with Gasteiger partial charge in [-0.1, -0.05) is 257 Å². The Bertz CT molecular complexity index is 753. The fourth-order valence-electron chi connectivity index (χ4n) is 7.15. The molecular weight excluding hydrogens is 685 g/mol. The van der Waals surface area contributed by atoms with E-state index in [-0.39, 0.29) is 0 Å². The van der Waals surface area contributed by atoms with Crippen LogP contribution in [0.1, 0.15) is 313 Å². The molecule has 1 atom stereocenters. The van der Waals surface area contributed by atoms with Gasteiger partial charge in [0.15, 0.2) is 0 Å². The Morgan fingerprint density at radius 2 is 0.719 bits per heavy atom. The molecule has 0 aromatic heterocycles. The molecule has 57 heavy (non-hydrogen) atoms. The van der Waals surface area contributed by atoms with Crippen molar-refractivity contribution in [3.63, 3.8) is 0 Å². The lowest BCUT2D eigenvalue weighted by Gasteiger charge is -2.09. The van der Waals surface area contributed by atoms with Crippen LogP contribution in [0.25, 0.3) is 0 Å². The normalized spacial score (nSPS) is 11.4. The van der Waals surface area contributed by atoms with Crippen molar-refractivity contribution in [2.45, 2.75) is 313 Å². The van der Waals surface area contributed by atoms with Crippen molar-refractivity contribution in [2.24, 2.45) is 5.92 Å². The quantitative estimate of drug-likeness (QED) is 0.0428. The molecule has 0 heterocycles. The van der Waals surface area contributed by atoms with Gasteiger partial charge in [-0.15, -0.1) is 13.2 Å². The molecule has 0 aromatic carbocycles. The molecule has 0 bridgehead atoms. The number of allylic oxidation sites excluding steroid dienone is 5. The van der Waals surface area contributed by atoms with Crippen molar-refractivity contribution in [1.29, 1.82) is 0 Å². The Kier molecular flexibility index (Phi) is 65.1. The maximum Gasteiger partial charge on any atom is -0.0323 e. The van der Waals surface area contributed by atoms with E-state index in [2.05, 4.69) is 88.1 Å². The highest BCUT2D eigenvalue weighted by molar-refractivity contribution is 4.97. The molecule has 0 spiro atoms. The molecule has 0 radical (unpaired) electrons. The van der Waals surface area contributed by atoms with Crippen LogP contribution in [-0.4, -0.2) is 0 Å². The first-order valence-electron chi connectivity index (χ1n) is 26.3. The molecule has 0 heteroatoms. The summed E-state index contributed by atoms with van der Waals surface area (Å²) in [4.78, 5) is 0. The van der Waals surface area contributed by atoms with Crippen LogP contribution >= 0.6 is 0 Å². The minimum Gasteiger partial charge on any atom is -0.103 e. The van der Waals surface area contributed by atoms with E-state index in [1.807, 2.05) is 6.08 Å². The van der Waals surface area contributed by atoms with Crippen molar-refractivity contribution in [1.82, 2.24) is 0 Å². The molecular formula is C57H114. The van der Waals surface area contributed by atoms with Crippen molar-refractivity contribution in [2.75, 3.05) is 0 Å². The molecule has 342 valence electrons. The molecule has 0 saturated heterocycles. The molecule has 0 amide bonds. The van der Waals surface area contributed by atoms with Crippen molar-refractivity contribution in [3.05, 3.63) is 48.6 Å². The molecule has 0 aliphatic rings. The van der Waals surface area contributed by atoms with Gasteiger partial charge in [0.25, 0.3) is 0 Å². The van der Waals surface area contributed by atoms with E-state index in [4.69, 9.17) is 0 Å². The Morgan fingerprint density at radius 3 is 1.18 bits per heavy atom. The van der Waals surface area contributed by atoms with Crippen LogP contribution in [-0.2, 0) is 0 Å². The summed E-state index contributed by atoms with van der Waals surface area (Å²) in [7, 11) is 0. The Morgan fingerprint density at radius 1 is 0.386 bits per heavy atom. The van der Waals surface area contributed by atoms with Crippen LogP contribution in [0.15, 0.2) is 48.6 Å². The summed E-state index contributed by atoms with van der Waals surface area (Å²) >= 11 is 0. The van der Waals surface area contributed by atoms with Gasteiger partial charge in [-0.25, -0.2) is 0 Å². The zero-order valence-electron chi connectivity index (χ0n) is 41.9. The molecule has 0 nitrogen and oxygen atoms in total. The number of unbranched alkanes of at least 4 members (excludes halogenated alkanes) is 26. The van der Waals surface area contributed by atoms with E-state index in [1.54, 1.807) is 5.57 Å². The van der Waals surface area contributed by atoms with E-state index < -0.39 is 0 Å². The average Bonchev–Trinajstić information content (AvgIpc) is 3.20. The predicted octanol–water partition coefficient (Wildman–Crippen LogP) is 22.2. The fraction of sp³-hybridized carbons (Fsp3) is 0.860. The molecule has 0 aliphatic heterocycles. The summed E-state index contributed by atoms with van der Waals surface area (Å²) < 4.78 is 0. The van der Waals surface area contributed by atoms with Crippen LogP contribution in [0, 0.1) is 5.92 Å². The molecule has 0 rings (SSSR count). The van der Waals surface area contributed by atoms with Gasteiger partial charge >= 0.3 is 0 Å². The Balaban J connectivity index is -0.000000329. The first kappa shape index (κ1) is 62.6. The summed E-state index contributed by atoms with van der Waals surface area (Å²) in [5.41, 5.74) is 4.43. The van der Waals surface area contributed by atoms with E-state index in [1.165, 1.54) is 262 Å². The lowest BCUT2D eigenvalue weighted by molar-refractivity contribution is 0.443. The largest absolute Gasteiger partial charge is 0.103 e. The van der Waals surface area contributed by atoms with Gasteiger partial charge in [-0.3, -0.25) is 0 Å². The van der Waals surface area contributed by atoms with Gasteiger partial charge in [-0.2, -0.15) is 0 Å². The third-order valence-electron chi connectivity index (χ3n) is 11.4. The molecule has 0 N–H and O–H groups in total. The van der Waals surface area contributed by atoms with Crippen molar-refractivity contribution < 1.29 is 0 Å². The minimum absolute atomic E-state index is 0.953. The van der Waals surface area contributed by atoms with Crippen LogP contribution in [0.2, 0.25) is 0 Å². The highest BCUT2D eigenvalue weighted by atomic mass is 14.1. The first-order chi connectivity index (χ1) is 27.7. The zero-order chi connectivity index (χ0) is 43.3. The van der Waals surface area contributed by atoms with E-state index in [0.29, 0.717) is 0 Å². The highest BCUT2D eigenvalue weighted by Crippen LogP contribution is 2.18. The predicted molar refractivity (Wildman–Crippen MR) is 271 cm³/mol. The Hall–Kier alpha value is -1.04. The summed E-state index contributed by atoms with van der Waals surface area (Å²) in [6.07, 6.45) is 58.2. The second kappa shape index (κ2) is 59.3. The standard InChI is InChI=1S/C15H30.3C14H28/c1-4-5-6-7-8-9-10-11-12-13-14-15(2)3;1-4-6-8-9-10-11-13-14(3)12-7-5-2;2*1-4-6-8-10-12-14(3)13-11-9-7-5-2/h2,4-14H2,1,3H3;4,14H,1,5-13H2,2-3H3;12H,4-11,13H2,1-3H3;3-13H2,1-2H3/b;;14-12+;. The highest BCUT2D eigenvalue weighted by Gasteiger charge is 2.01. The SMILES string of the molecule is C=C(C)CCCCCCCCCCCC.C=C(CCCCCC)CCCCCC.C=CCCCCCCC(C)CCCC.CCCCC/C=C(\C)CCCCCC. The van der Waals surface area contributed by atoms with Gasteiger partial charge in [0.2, 0.25) is 0 Å². The second-order valence-corrected chi connectivity index (χ2v) is 18.1. The summed E-state index contributed by atoms with van der Waals surface area (Å²) in [6.45, 7) is 32.3. The maximum atomic E-state index is 4.15. The van der Waals surface area contributed by atoms with E-state index >= 15 is 0 Å². The van der Waals surface area contributed by atoms with Gasteiger partial charge in [-0.05, 0) is 96.8 Å². The average molecular weight is 800 g/mol. The van der Waals surface area contributed by atoms with Gasteiger partial charge < -0.3 is 0 Å². The van der Waals surface area contributed by atoms with E-state index in [9.17, 15) is 0 Å². The van der Waals surface area contributed by atoms with Crippen LogP contribution in [0.5, 0.6) is 0 Å². The molecule has 1 unspecified atom stereocenters. The zero-order valence-corrected chi connectivity index (χ0v) is 41.9.